The van der Waals surface area contributed by atoms with Gasteiger partial charge >= 0.3 is 0 Å². The number of hydrogen-bond acceptors (Lipinski definition) is 10. The molecule has 2 aromatic rings. The number of nitrogens with one attached hydrogen (secondary N) is 2. The van der Waals surface area contributed by atoms with Crippen molar-refractivity contribution in [2.75, 3.05) is 12.4 Å². The van der Waals surface area contributed by atoms with Crippen molar-refractivity contribution in [3.05, 3.63) is 64.7 Å². The monoisotopic (exact) mass is 588 g/mol. The van der Waals surface area contributed by atoms with Gasteiger partial charge in [0.15, 0.2) is 7.85 Å². The Kier molecular flexibility index (Phi) is 8.75. The first-order valence-electron chi connectivity index (χ1n) is 14.2. The molecule has 4 rings (SSSR count). The van der Waals surface area contributed by atoms with Crippen LogP contribution in [0.1, 0.15) is 39.9 Å². The zero-order valence-electron chi connectivity index (χ0n) is 25.5. The molecule has 1 saturated heterocycles. The number of hydrogen-bond donors (Lipinski definition) is 6. The lowest BCUT2D eigenvalue weighted by Gasteiger charge is -2.64. The standard InChI is InChI=1S/C26H37B5N4O8/c1-32-21(38)22(39,9-4-10-36)34-14-18-17(20(34)37)7-3-8-19(18)33-12-15-5-2-6-16(11-15)13-35-23(27,28)26(41,42)43-24(29,30)25(35,31)40/h2-3,5-8,10-11,33,39-42H,4,9,12-14,27-31H2,1H3,(H,32,38). The van der Waals surface area contributed by atoms with Crippen LogP contribution in [0.2, 0.25) is 0 Å². The molecule has 1 fully saturated rings. The minimum absolute atomic E-state index is 0.0266. The molecule has 0 bridgehead atoms. The number of carbonyl (C=O) groups excluding carboxylic acids is 3. The van der Waals surface area contributed by atoms with Gasteiger partial charge in [0.1, 0.15) is 37.7 Å². The van der Waals surface area contributed by atoms with Crippen molar-refractivity contribution in [2.24, 2.45) is 0 Å². The zero-order chi connectivity index (χ0) is 32.0. The van der Waals surface area contributed by atoms with Gasteiger partial charge in [0.2, 0.25) is 5.72 Å². The molecule has 6 N–H and O–H groups in total. The lowest BCUT2D eigenvalue weighted by atomic mass is 9.46. The third-order valence-corrected chi connectivity index (χ3v) is 8.97. The van der Waals surface area contributed by atoms with Crippen molar-refractivity contribution in [2.45, 2.75) is 60.5 Å². The van der Waals surface area contributed by atoms with Crippen molar-refractivity contribution >= 4 is 63.0 Å². The number of aliphatic hydroxyl groups is 4. The summed E-state index contributed by atoms with van der Waals surface area (Å²) < 4.78 is 5.51. The Bertz CT molecular complexity index is 1400. The summed E-state index contributed by atoms with van der Waals surface area (Å²) in [4.78, 5) is 39.6. The second-order valence-electron chi connectivity index (χ2n) is 12.4. The molecule has 2 aromatic carbocycles. The summed E-state index contributed by atoms with van der Waals surface area (Å²) in [5.41, 5.74) is -0.417. The minimum atomic E-state index is -2.52. The van der Waals surface area contributed by atoms with Crippen LogP contribution in [0.4, 0.5) is 5.69 Å². The maximum Gasteiger partial charge on any atom is 0.280 e. The van der Waals surface area contributed by atoms with E-state index in [4.69, 9.17) is 4.74 Å². The van der Waals surface area contributed by atoms with Crippen LogP contribution in [0.5, 0.6) is 0 Å². The lowest BCUT2D eigenvalue weighted by molar-refractivity contribution is -0.426. The Balaban J connectivity index is 1.55. The summed E-state index contributed by atoms with van der Waals surface area (Å²) in [7, 11) is 9.31. The predicted molar refractivity (Wildman–Crippen MR) is 171 cm³/mol. The van der Waals surface area contributed by atoms with Crippen LogP contribution in [0.15, 0.2) is 42.5 Å². The highest BCUT2D eigenvalue weighted by Crippen LogP contribution is 2.41. The molecular formula is C26H37B5N4O8. The molecule has 12 nitrogen and oxygen atoms in total. The number of morpholine rings is 1. The van der Waals surface area contributed by atoms with Crippen molar-refractivity contribution in [1.29, 1.82) is 0 Å². The van der Waals surface area contributed by atoms with Crippen LogP contribution < -0.4 is 10.6 Å². The number of aldehydes is 1. The van der Waals surface area contributed by atoms with Gasteiger partial charge in [-0.25, -0.2) is 0 Å². The van der Waals surface area contributed by atoms with Crippen molar-refractivity contribution in [1.82, 2.24) is 15.1 Å². The summed E-state index contributed by atoms with van der Waals surface area (Å²) in [6.07, 6.45) is 0.259. The van der Waals surface area contributed by atoms with Crippen LogP contribution in [-0.4, -0.2) is 123 Å². The highest BCUT2D eigenvalue weighted by Gasteiger charge is 2.63. The average Bonchev–Trinajstić information content (AvgIpc) is 3.29. The van der Waals surface area contributed by atoms with Gasteiger partial charge in [0, 0.05) is 60.5 Å². The van der Waals surface area contributed by atoms with E-state index in [-0.39, 0.29) is 25.9 Å². The molecule has 2 heterocycles. The van der Waals surface area contributed by atoms with Crippen molar-refractivity contribution < 1.29 is 39.5 Å². The SMILES string of the molecule is BC1(B)OC(O)(O)C(B)(B)N(Cc2cccc(CNc3cccc4c3CN(C(O)(CCC=O)C(=O)NC)C4=O)c2)C1(B)O. The van der Waals surface area contributed by atoms with Gasteiger partial charge in [-0.15, -0.1) is 0 Å². The Morgan fingerprint density at radius 3 is 2.40 bits per heavy atom. The average molecular weight is 588 g/mol. The van der Waals surface area contributed by atoms with Gasteiger partial charge in [-0.05, 0) is 23.3 Å². The van der Waals surface area contributed by atoms with E-state index in [0.29, 0.717) is 29.6 Å². The molecule has 0 spiro atoms. The first kappa shape index (κ1) is 32.8. The smallest absolute Gasteiger partial charge is 0.280 e. The van der Waals surface area contributed by atoms with Crippen LogP contribution >= 0.6 is 0 Å². The first-order valence-corrected chi connectivity index (χ1v) is 14.2. The van der Waals surface area contributed by atoms with Crippen LogP contribution in [0.3, 0.4) is 0 Å². The van der Waals surface area contributed by atoms with E-state index in [0.717, 1.165) is 16.0 Å². The molecule has 17 heteroatoms. The number of likely N-dealkylation sites (N-methyl/N-ethyl adjacent to an activating group) is 1. The molecule has 0 radical (unpaired) electrons. The van der Waals surface area contributed by atoms with E-state index in [2.05, 4.69) is 10.6 Å². The maximum absolute atomic E-state index is 13.3. The van der Waals surface area contributed by atoms with Gasteiger partial charge in [0.05, 0.1) is 12.2 Å². The third-order valence-electron chi connectivity index (χ3n) is 8.97. The quantitative estimate of drug-likeness (QED) is 0.0894. The van der Waals surface area contributed by atoms with Gasteiger partial charge in [-0.2, -0.15) is 0 Å². The molecule has 2 aliphatic rings. The minimum Gasteiger partial charge on any atom is -0.383 e. The number of fused-ring (bicyclic) bond motifs is 1. The van der Waals surface area contributed by atoms with E-state index < -0.39 is 39.9 Å². The molecule has 0 saturated carbocycles. The molecule has 224 valence electrons. The highest BCUT2D eigenvalue weighted by atomic mass is 16.8. The molecule has 43 heavy (non-hydrogen) atoms. The highest BCUT2D eigenvalue weighted by molar-refractivity contribution is 6.46. The van der Waals surface area contributed by atoms with Crippen LogP contribution in [0.25, 0.3) is 0 Å². The Labute approximate surface area is 255 Å². The largest absolute Gasteiger partial charge is 0.383 e. The van der Waals surface area contributed by atoms with E-state index in [1.165, 1.54) is 7.05 Å². The molecular weight excluding hydrogens is 550 g/mol. The number of rotatable bonds is 10. The zero-order valence-corrected chi connectivity index (χ0v) is 25.5. The van der Waals surface area contributed by atoms with Gasteiger partial charge < -0.3 is 40.6 Å². The summed E-state index contributed by atoms with van der Waals surface area (Å²) in [6, 6.07) is 12.7. The number of ether oxygens (including phenoxy) is 1. The van der Waals surface area contributed by atoms with Crippen LogP contribution in [0, 0.1) is 0 Å². The molecule has 2 aliphatic heterocycles. The third kappa shape index (κ3) is 5.65. The van der Waals surface area contributed by atoms with Gasteiger partial charge in [0.25, 0.3) is 17.8 Å². The Morgan fingerprint density at radius 1 is 1.09 bits per heavy atom. The summed E-state index contributed by atoms with van der Waals surface area (Å²) in [5, 5.41) is 47.2. The number of amides is 2. The van der Waals surface area contributed by atoms with Gasteiger partial charge in [-0.3, -0.25) is 19.4 Å². The van der Waals surface area contributed by atoms with E-state index in [9.17, 15) is 34.8 Å². The maximum atomic E-state index is 13.3. The molecule has 2 amide bonds. The fourth-order valence-electron chi connectivity index (χ4n) is 5.82. The summed E-state index contributed by atoms with van der Waals surface area (Å²) in [5.74, 6) is -3.80. The molecule has 2 atom stereocenters. The Hall–Kier alpha value is -3.07. The number of anilines is 1. The normalized spacial score (nSPS) is 23.7. The van der Waals surface area contributed by atoms with E-state index >= 15 is 0 Å². The number of benzene rings is 2. The van der Waals surface area contributed by atoms with Crippen molar-refractivity contribution in [3.8, 4) is 0 Å². The van der Waals surface area contributed by atoms with Crippen molar-refractivity contribution in [3.63, 3.8) is 0 Å². The summed E-state index contributed by atoms with van der Waals surface area (Å²) >= 11 is 0. The summed E-state index contributed by atoms with van der Waals surface area (Å²) in [6.45, 7) is 0.523. The first-order chi connectivity index (χ1) is 19.9. The Morgan fingerprint density at radius 2 is 1.74 bits per heavy atom. The topological polar surface area (TPSA) is 172 Å². The number of carbonyl (C=O) groups is 3. The second kappa shape index (κ2) is 11.5. The van der Waals surface area contributed by atoms with E-state index in [1.54, 1.807) is 62.3 Å². The number of nitrogens with zero attached hydrogens (tertiary/aromatic N) is 2. The molecule has 2 unspecified atom stereocenters. The molecule has 0 aromatic heterocycles. The van der Waals surface area contributed by atoms with Crippen LogP contribution in [-0.2, 0) is 34.0 Å². The lowest BCUT2D eigenvalue weighted by Crippen LogP contribution is -2.84. The fraction of sp³-hybridized carbons (Fsp3) is 0.423. The second-order valence-corrected chi connectivity index (χ2v) is 12.4. The van der Waals surface area contributed by atoms with E-state index in [1.807, 2.05) is 24.3 Å². The van der Waals surface area contributed by atoms with Gasteiger partial charge in [-0.1, -0.05) is 30.3 Å². The molecule has 0 aliphatic carbocycles. The fourth-order valence-corrected chi connectivity index (χ4v) is 5.82. The predicted octanol–water partition coefficient (Wildman–Crippen LogP) is -5.74.